The molecular formula is C14H14N4OS. The van der Waals surface area contributed by atoms with Crippen LogP contribution in [0.4, 0.5) is 5.69 Å². The lowest BCUT2D eigenvalue weighted by atomic mass is 10.1. The highest BCUT2D eigenvalue weighted by Gasteiger charge is 2.23. The van der Waals surface area contributed by atoms with Crippen molar-refractivity contribution in [3.63, 3.8) is 0 Å². The Bertz CT molecular complexity index is 725. The van der Waals surface area contributed by atoms with E-state index in [0.29, 0.717) is 11.6 Å². The number of nitrogens with zero attached hydrogens (tertiary/aromatic N) is 3. The zero-order valence-electron chi connectivity index (χ0n) is 11.0. The zero-order chi connectivity index (χ0) is 14.1. The highest BCUT2D eigenvalue weighted by molar-refractivity contribution is 7.84. The first kappa shape index (κ1) is 13.0. The van der Waals surface area contributed by atoms with Gasteiger partial charge in [-0.2, -0.15) is 5.26 Å². The van der Waals surface area contributed by atoms with E-state index in [1.807, 2.05) is 28.6 Å². The monoisotopic (exact) mass is 286 g/mol. The highest BCUT2D eigenvalue weighted by atomic mass is 32.2. The first-order chi connectivity index (χ1) is 9.69. The van der Waals surface area contributed by atoms with Gasteiger partial charge in [-0.3, -0.25) is 4.31 Å². The average Bonchev–Trinajstić information content (AvgIpc) is 2.48. The quantitative estimate of drug-likeness (QED) is 0.868. The van der Waals surface area contributed by atoms with E-state index in [9.17, 15) is 4.21 Å². The molecule has 3 rings (SSSR count). The lowest BCUT2D eigenvalue weighted by Gasteiger charge is -2.31. The van der Waals surface area contributed by atoms with Crippen LogP contribution in [0.15, 0.2) is 30.5 Å². The van der Waals surface area contributed by atoms with Gasteiger partial charge in [0.05, 0.1) is 5.69 Å². The smallest absolute Gasteiger partial charge is 0.196 e. The molecule has 102 valence electrons. The van der Waals surface area contributed by atoms with Gasteiger partial charge in [0.2, 0.25) is 0 Å². The van der Waals surface area contributed by atoms with Gasteiger partial charge >= 0.3 is 0 Å². The molecule has 2 atom stereocenters. The molecule has 0 saturated carbocycles. The Morgan fingerprint density at radius 3 is 3.15 bits per heavy atom. The number of hydrogen-bond acceptors (Lipinski definition) is 3. The predicted octanol–water partition coefficient (Wildman–Crippen LogP) is 1.73. The van der Waals surface area contributed by atoms with Crippen LogP contribution in [0.2, 0.25) is 0 Å². The maximum atomic E-state index is 12.1. The van der Waals surface area contributed by atoms with E-state index in [2.05, 4.69) is 22.7 Å². The Morgan fingerprint density at radius 1 is 1.50 bits per heavy atom. The van der Waals surface area contributed by atoms with E-state index in [4.69, 9.17) is 5.26 Å². The average molecular weight is 286 g/mol. The van der Waals surface area contributed by atoms with Crippen LogP contribution in [-0.4, -0.2) is 22.3 Å². The van der Waals surface area contributed by atoms with Crippen LogP contribution in [0.3, 0.4) is 0 Å². The molecule has 6 heteroatoms. The fourth-order valence-electron chi connectivity index (χ4n) is 2.32. The van der Waals surface area contributed by atoms with Crippen molar-refractivity contribution < 1.29 is 4.21 Å². The van der Waals surface area contributed by atoms with E-state index in [-0.39, 0.29) is 0 Å². The Morgan fingerprint density at radius 2 is 2.35 bits per heavy atom. The molecule has 2 aromatic rings. The van der Waals surface area contributed by atoms with Crippen LogP contribution in [-0.2, 0) is 11.2 Å². The third-order valence-corrected chi connectivity index (χ3v) is 4.55. The maximum absolute atomic E-state index is 12.1. The van der Waals surface area contributed by atoms with E-state index in [1.54, 1.807) is 6.20 Å². The summed E-state index contributed by atoms with van der Waals surface area (Å²) in [5.74, 6) is 0.440. The second-order valence-electron chi connectivity index (χ2n) is 4.94. The summed E-state index contributed by atoms with van der Waals surface area (Å²) in [4.78, 5) is 4.05. The number of benzene rings is 1. The molecule has 1 fully saturated rings. The van der Waals surface area contributed by atoms with Gasteiger partial charge in [-0.1, -0.05) is 6.92 Å². The number of nitrogens with one attached hydrogen (secondary N) is 1. The molecule has 1 aromatic heterocycles. The number of fused-ring (bicyclic) bond motifs is 1. The molecule has 1 aromatic carbocycles. The minimum absolute atomic E-state index is 0.417. The van der Waals surface area contributed by atoms with Crippen molar-refractivity contribution in [1.82, 2.24) is 9.71 Å². The number of nitriles is 1. The Kier molecular flexibility index (Phi) is 3.38. The molecular weight excluding hydrogens is 272 g/mol. The Balaban J connectivity index is 2.05. The summed E-state index contributed by atoms with van der Waals surface area (Å²) in [5.41, 5.74) is 1.31. The molecule has 1 saturated heterocycles. The summed E-state index contributed by atoms with van der Waals surface area (Å²) in [6.07, 6.45) is 1.62. The van der Waals surface area contributed by atoms with Crippen LogP contribution < -0.4 is 9.03 Å². The first-order valence-corrected chi connectivity index (χ1v) is 7.51. The fourth-order valence-corrected chi connectivity index (χ4v) is 3.60. The largest absolute Gasteiger partial charge is 0.279 e. The third kappa shape index (κ3) is 2.26. The lowest BCUT2D eigenvalue weighted by Crippen LogP contribution is -2.46. The molecule has 0 amide bonds. The third-order valence-electron chi connectivity index (χ3n) is 3.37. The van der Waals surface area contributed by atoms with Crippen LogP contribution in [0.5, 0.6) is 0 Å². The van der Waals surface area contributed by atoms with Crippen LogP contribution in [0.1, 0.15) is 12.6 Å². The number of anilines is 1. The maximum Gasteiger partial charge on any atom is 0.196 e. The van der Waals surface area contributed by atoms with E-state index in [0.717, 1.165) is 29.5 Å². The Hall–Kier alpha value is -1.97. The Labute approximate surface area is 119 Å². The van der Waals surface area contributed by atoms with Gasteiger partial charge in [-0.25, -0.2) is 13.9 Å². The topological polar surface area (TPSA) is 69.0 Å². The van der Waals surface area contributed by atoms with E-state index >= 15 is 0 Å². The normalized spacial score (nSPS) is 22.7. The molecule has 5 nitrogen and oxygen atoms in total. The van der Waals surface area contributed by atoms with Crippen LogP contribution in [0, 0.1) is 17.2 Å². The molecule has 0 bridgehead atoms. The lowest BCUT2D eigenvalue weighted by molar-refractivity contribution is 0.548. The van der Waals surface area contributed by atoms with Crippen molar-refractivity contribution in [2.75, 3.05) is 17.4 Å². The molecule has 0 aliphatic carbocycles. The van der Waals surface area contributed by atoms with Crippen molar-refractivity contribution in [3.05, 3.63) is 36.2 Å². The fraction of sp³-hybridized carbons (Fsp3) is 0.286. The molecule has 20 heavy (non-hydrogen) atoms. The van der Waals surface area contributed by atoms with E-state index in [1.165, 1.54) is 0 Å². The number of hydrogen-bond donors (Lipinski definition) is 1. The molecule has 1 aliphatic heterocycles. The summed E-state index contributed by atoms with van der Waals surface area (Å²) in [7, 11) is 0. The van der Waals surface area contributed by atoms with Gasteiger partial charge in [0.1, 0.15) is 11.8 Å². The minimum Gasteiger partial charge on any atom is -0.279 e. The summed E-state index contributed by atoms with van der Waals surface area (Å²) in [5, 5.41) is 10.8. The summed E-state index contributed by atoms with van der Waals surface area (Å²) >= 11 is -1.20. The first-order valence-electron chi connectivity index (χ1n) is 6.41. The van der Waals surface area contributed by atoms with Gasteiger partial charge in [0.25, 0.3) is 0 Å². The van der Waals surface area contributed by atoms with Gasteiger partial charge in [-0.05, 0) is 35.6 Å². The summed E-state index contributed by atoms with van der Waals surface area (Å²) in [6.45, 7) is 3.63. The standard InChI is InChI=1S/C14H14N4OS/c1-10-8-17-20(19)18(9-10)12-2-3-13-11(6-12)4-5-16-14(13)7-15/h2-6,10,17H,8-9H2,1H3. The predicted molar refractivity (Wildman–Crippen MR) is 79.1 cm³/mol. The number of aromatic nitrogens is 1. The van der Waals surface area contributed by atoms with Crippen molar-refractivity contribution >= 4 is 27.6 Å². The summed E-state index contributed by atoms with van der Waals surface area (Å²) < 4.78 is 16.9. The molecule has 1 N–H and O–H groups in total. The van der Waals surface area contributed by atoms with Gasteiger partial charge in [0, 0.05) is 24.7 Å². The van der Waals surface area contributed by atoms with E-state index < -0.39 is 11.2 Å². The number of pyridine rings is 1. The SMILES string of the molecule is CC1CNS(=O)N(c2ccc3c(C#N)nccc3c2)C1. The molecule has 2 unspecified atom stereocenters. The van der Waals surface area contributed by atoms with Crippen molar-refractivity contribution in [2.45, 2.75) is 6.92 Å². The van der Waals surface area contributed by atoms with Gasteiger partial charge in [0.15, 0.2) is 11.2 Å². The van der Waals surface area contributed by atoms with Crippen molar-refractivity contribution in [2.24, 2.45) is 5.92 Å². The minimum atomic E-state index is -1.20. The van der Waals surface area contributed by atoms with Gasteiger partial charge < -0.3 is 0 Å². The number of rotatable bonds is 1. The zero-order valence-corrected chi connectivity index (χ0v) is 11.9. The second kappa shape index (κ2) is 5.19. The summed E-state index contributed by atoms with van der Waals surface area (Å²) in [6, 6.07) is 9.67. The van der Waals surface area contributed by atoms with Crippen molar-refractivity contribution in [3.8, 4) is 6.07 Å². The van der Waals surface area contributed by atoms with Crippen molar-refractivity contribution in [1.29, 1.82) is 5.26 Å². The molecule has 0 spiro atoms. The molecule has 2 heterocycles. The molecule has 1 aliphatic rings. The second-order valence-corrected chi connectivity index (χ2v) is 6.17. The molecule has 0 radical (unpaired) electrons. The van der Waals surface area contributed by atoms with Crippen LogP contribution >= 0.6 is 0 Å². The van der Waals surface area contributed by atoms with Crippen LogP contribution in [0.25, 0.3) is 10.8 Å². The van der Waals surface area contributed by atoms with Gasteiger partial charge in [-0.15, -0.1) is 0 Å². The highest BCUT2D eigenvalue weighted by Crippen LogP contribution is 2.26.